The molecule has 5 nitrogen and oxygen atoms in total. The number of nitro groups is 1. The van der Waals surface area contributed by atoms with E-state index in [1.807, 2.05) is 19.4 Å². The predicted molar refractivity (Wildman–Crippen MR) is 84.7 cm³/mol. The van der Waals surface area contributed by atoms with Gasteiger partial charge in [-0.3, -0.25) is 10.1 Å². The van der Waals surface area contributed by atoms with E-state index in [1.165, 1.54) is 6.07 Å². The molecule has 7 heteroatoms. The second-order valence-electron chi connectivity index (χ2n) is 4.42. The molecule has 20 heavy (non-hydrogen) atoms. The van der Waals surface area contributed by atoms with Gasteiger partial charge in [0.15, 0.2) is 0 Å². The number of aryl methyl sites for hydroxylation is 1. The molecule has 0 saturated heterocycles. The number of aromatic nitrogens is 1. The number of rotatable bonds is 5. The highest BCUT2D eigenvalue weighted by molar-refractivity contribution is 9.08. The van der Waals surface area contributed by atoms with E-state index in [0.717, 1.165) is 22.0 Å². The van der Waals surface area contributed by atoms with Crippen LogP contribution in [-0.2, 0) is 11.9 Å². The molecule has 0 fully saturated rings. The lowest BCUT2D eigenvalue weighted by Crippen LogP contribution is -2.18. The van der Waals surface area contributed by atoms with E-state index in [2.05, 4.69) is 25.8 Å². The van der Waals surface area contributed by atoms with Crippen LogP contribution in [0.2, 0.25) is 0 Å². The summed E-state index contributed by atoms with van der Waals surface area (Å²) in [7, 11) is 1.96. The molecule has 0 amide bonds. The average molecular weight is 356 g/mol. The molecule has 0 unspecified atom stereocenters. The number of nitro benzene ring substituents is 1. The van der Waals surface area contributed by atoms with Crippen molar-refractivity contribution in [3.8, 4) is 0 Å². The first-order chi connectivity index (χ1) is 9.51. The Bertz CT molecular complexity index is 630. The summed E-state index contributed by atoms with van der Waals surface area (Å²) in [6.45, 7) is 2.66. The quantitative estimate of drug-likeness (QED) is 0.463. The largest absolute Gasteiger partial charge is 0.368 e. The minimum atomic E-state index is -0.375. The number of alkyl halides is 1. The summed E-state index contributed by atoms with van der Waals surface area (Å²) in [5.41, 5.74) is 2.99. The minimum absolute atomic E-state index is 0.112. The standard InChI is InChI=1S/C13H14BrN3O2S/c1-9-15-11(8-20-9)7-16(2)13-4-3-12(17(18)19)5-10(13)6-14/h3-5,8H,6-7H2,1-2H3. The second-order valence-corrected chi connectivity index (χ2v) is 6.04. The summed E-state index contributed by atoms with van der Waals surface area (Å²) < 4.78 is 0. The molecule has 1 aromatic heterocycles. The van der Waals surface area contributed by atoms with Crippen LogP contribution in [0, 0.1) is 17.0 Å². The molecule has 1 heterocycles. The molecule has 106 valence electrons. The van der Waals surface area contributed by atoms with Gasteiger partial charge in [0.05, 0.1) is 22.2 Å². The van der Waals surface area contributed by atoms with Gasteiger partial charge in [0.2, 0.25) is 0 Å². The zero-order valence-electron chi connectivity index (χ0n) is 11.2. The van der Waals surface area contributed by atoms with Gasteiger partial charge in [0.25, 0.3) is 5.69 Å². The van der Waals surface area contributed by atoms with Crippen molar-refractivity contribution in [1.29, 1.82) is 0 Å². The van der Waals surface area contributed by atoms with Crippen LogP contribution in [0.3, 0.4) is 0 Å². The lowest BCUT2D eigenvalue weighted by molar-refractivity contribution is -0.384. The number of non-ortho nitro benzene ring substituents is 1. The Morgan fingerprint density at radius 1 is 1.50 bits per heavy atom. The number of benzene rings is 1. The molecular formula is C13H14BrN3O2S. The monoisotopic (exact) mass is 355 g/mol. The lowest BCUT2D eigenvalue weighted by Gasteiger charge is -2.20. The van der Waals surface area contributed by atoms with Gasteiger partial charge in [0.1, 0.15) is 0 Å². The van der Waals surface area contributed by atoms with Crippen molar-refractivity contribution in [2.45, 2.75) is 18.8 Å². The van der Waals surface area contributed by atoms with Crippen molar-refractivity contribution in [3.05, 3.63) is 50.0 Å². The summed E-state index contributed by atoms with van der Waals surface area (Å²) in [5, 5.41) is 14.5. The molecule has 2 rings (SSSR count). The third kappa shape index (κ3) is 3.34. The summed E-state index contributed by atoms with van der Waals surface area (Å²) in [5.74, 6) is 0. The first kappa shape index (κ1) is 14.9. The van der Waals surface area contributed by atoms with Crippen LogP contribution in [0.4, 0.5) is 11.4 Å². The van der Waals surface area contributed by atoms with Crippen molar-refractivity contribution in [1.82, 2.24) is 4.98 Å². The number of hydrogen-bond acceptors (Lipinski definition) is 5. The summed E-state index contributed by atoms with van der Waals surface area (Å²) in [6.07, 6.45) is 0. The van der Waals surface area contributed by atoms with E-state index < -0.39 is 0 Å². The second kappa shape index (κ2) is 6.32. The van der Waals surface area contributed by atoms with Gasteiger partial charge in [-0.1, -0.05) is 15.9 Å². The molecule has 0 radical (unpaired) electrons. The summed E-state index contributed by atoms with van der Waals surface area (Å²) in [4.78, 5) is 16.9. The molecule has 0 spiro atoms. The van der Waals surface area contributed by atoms with Crippen LogP contribution in [0.1, 0.15) is 16.3 Å². The van der Waals surface area contributed by atoms with Gasteiger partial charge in [0, 0.05) is 35.6 Å². The van der Waals surface area contributed by atoms with Crippen LogP contribution in [0.15, 0.2) is 23.6 Å². The molecule has 0 aliphatic carbocycles. The SMILES string of the molecule is Cc1nc(CN(C)c2ccc([N+](=O)[O-])cc2CBr)cs1. The van der Waals surface area contributed by atoms with Gasteiger partial charge < -0.3 is 4.90 Å². The third-order valence-corrected chi connectivity index (χ3v) is 4.32. The molecular weight excluding hydrogens is 342 g/mol. The Hall–Kier alpha value is -1.47. The van der Waals surface area contributed by atoms with Gasteiger partial charge in [-0.2, -0.15) is 0 Å². The molecule has 2 aromatic rings. The van der Waals surface area contributed by atoms with Gasteiger partial charge in [-0.15, -0.1) is 11.3 Å². The van der Waals surface area contributed by atoms with Crippen LogP contribution < -0.4 is 4.90 Å². The maximum absolute atomic E-state index is 10.8. The van der Waals surface area contributed by atoms with Gasteiger partial charge >= 0.3 is 0 Å². The van der Waals surface area contributed by atoms with E-state index in [-0.39, 0.29) is 10.6 Å². The normalized spacial score (nSPS) is 10.6. The highest BCUT2D eigenvalue weighted by atomic mass is 79.9. The first-order valence-electron chi connectivity index (χ1n) is 5.96. The van der Waals surface area contributed by atoms with Crippen LogP contribution >= 0.6 is 27.3 Å². The van der Waals surface area contributed by atoms with Crippen molar-refractivity contribution in [3.63, 3.8) is 0 Å². The van der Waals surface area contributed by atoms with Crippen molar-refractivity contribution in [2.75, 3.05) is 11.9 Å². The third-order valence-electron chi connectivity index (χ3n) is 2.89. The van der Waals surface area contributed by atoms with E-state index in [1.54, 1.807) is 23.5 Å². The predicted octanol–water partition coefficient (Wildman–Crippen LogP) is 3.89. The Kier molecular flexibility index (Phi) is 4.72. The fourth-order valence-corrected chi connectivity index (χ4v) is 3.03. The maximum atomic E-state index is 10.8. The topological polar surface area (TPSA) is 59.3 Å². The van der Waals surface area contributed by atoms with Gasteiger partial charge in [-0.05, 0) is 18.6 Å². The van der Waals surface area contributed by atoms with E-state index >= 15 is 0 Å². The van der Waals surface area contributed by atoms with Crippen molar-refractivity contribution >= 4 is 38.6 Å². The number of halogens is 1. The number of nitrogens with zero attached hydrogens (tertiary/aromatic N) is 3. The first-order valence-corrected chi connectivity index (χ1v) is 7.97. The molecule has 0 aliphatic rings. The molecule has 0 N–H and O–H groups in total. The van der Waals surface area contributed by atoms with E-state index in [0.29, 0.717) is 11.9 Å². The Balaban J connectivity index is 2.24. The summed E-state index contributed by atoms with van der Waals surface area (Å²) >= 11 is 5.01. The zero-order chi connectivity index (χ0) is 14.7. The maximum Gasteiger partial charge on any atom is 0.269 e. The van der Waals surface area contributed by atoms with Crippen molar-refractivity contribution in [2.24, 2.45) is 0 Å². The average Bonchev–Trinajstić information content (AvgIpc) is 2.83. The highest BCUT2D eigenvalue weighted by Crippen LogP contribution is 2.27. The van der Waals surface area contributed by atoms with E-state index in [4.69, 9.17) is 0 Å². The number of hydrogen-bond donors (Lipinski definition) is 0. The Morgan fingerprint density at radius 3 is 2.80 bits per heavy atom. The minimum Gasteiger partial charge on any atom is -0.368 e. The molecule has 0 atom stereocenters. The zero-order valence-corrected chi connectivity index (χ0v) is 13.6. The number of anilines is 1. The van der Waals surface area contributed by atoms with Gasteiger partial charge in [-0.25, -0.2) is 4.98 Å². The van der Waals surface area contributed by atoms with Crippen LogP contribution in [0.5, 0.6) is 0 Å². The highest BCUT2D eigenvalue weighted by Gasteiger charge is 2.13. The summed E-state index contributed by atoms with van der Waals surface area (Å²) in [6, 6.07) is 4.92. The van der Waals surface area contributed by atoms with Crippen LogP contribution in [-0.4, -0.2) is 17.0 Å². The van der Waals surface area contributed by atoms with Crippen molar-refractivity contribution < 1.29 is 4.92 Å². The van der Waals surface area contributed by atoms with Crippen LogP contribution in [0.25, 0.3) is 0 Å². The Morgan fingerprint density at radius 2 is 2.25 bits per heavy atom. The Labute approximate surface area is 129 Å². The fraction of sp³-hybridized carbons (Fsp3) is 0.308. The molecule has 1 aromatic carbocycles. The molecule has 0 aliphatic heterocycles. The smallest absolute Gasteiger partial charge is 0.269 e. The molecule has 0 bridgehead atoms. The number of thiazole rings is 1. The van der Waals surface area contributed by atoms with E-state index in [9.17, 15) is 10.1 Å². The lowest BCUT2D eigenvalue weighted by atomic mass is 10.1. The fourth-order valence-electron chi connectivity index (χ4n) is 1.97. The molecule has 0 saturated carbocycles.